The number of para-hydroxylation sites is 1. The molecule has 1 aliphatic rings. The van der Waals surface area contributed by atoms with E-state index in [0.29, 0.717) is 5.56 Å². The van der Waals surface area contributed by atoms with Gasteiger partial charge in [-0.25, -0.2) is 5.43 Å². The van der Waals surface area contributed by atoms with Crippen LogP contribution < -0.4 is 10.7 Å². The number of nitrogens with zero attached hydrogens (tertiary/aromatic N) is 2. The van der Waals surface area contributed by atoms with Crippen LogP contribution in [-0.4, -0.2) is 16.2 Å². The molecular weight excluding hydrogens is 428 g/mol. The fraction of sp³-hybridized carbons (Fsp3) is 0.111. The van der Waals surface area contributed by atoms with Crippen LogP contribution in [0.1, 0.15) is 34.2 Å². The van der Waals surface area contributed by atoms with Crippen LogP contribution in [0.25, 0.3) is 5.69 Å². The van der Waals surface area contributed by atoms with E-state index >= 15 is 0 Å². The molecule has 164 valence electrons. The summed E-state index contributed by atoms with van der Waals surface area (Å²) in [4.78, 5) is 15.0. The third-order valence-electron chi connectivity index (χ3n) is 5.76. The van der Waals surface area contributed by atoms with Crippen molar-refractivity contribution < 1.29 is 4.79 Å². The van der Waals surface area contributed by atoms with Gasteiger partial charge in [-0.2, -0.15) is 5.10 Å². The lowest BCUT2D eigenvalue weighted by Gasteiger charge is -2.21. The number of fused-ring (bicyclic) bond motifs is 2. The number of benzene rings is 3. The lowest BCUT2D eigenvalue weighted by Crippen LogP contribution is -2.19. The van der Waals surface area contributed by atoms with E-state index in [2.05, 4.69) is 70.7 Å². The molecule has 5 rings (SSSR count). The zero-order valence-electron chi connectivity index (χ0n) is 18.7. The van der Waals surface area contributed by atoms with E-state index in [-0.39, 0.29) is 5.91 Å². The molecule has 0 radical (unpaired) electrons. The van der Waals surface area contributed by atoms with Crippen molar-refractivity contribution in [2.45, 2.75) is 30.6 Å². The second kappa shape index (κ2) is 8.64. The summed E-state index contributed by atoms with van der Waals surface area (Å²) in [6, 6.07) is 26.2. The SMILES string of the molecule is C/C(=N\NC(=O)c1ccc(-n2c(C)ccc2C)cc1)c1ccc2c(c1)Nc1ccccc1S2. The standard InChI is InChI=1S/C27H24N4OS/c1-17-8-9-18(2)31(17)22-13-10-20(11-14-22)27(32)30-29-19(3)21-12-15-26-24(16-21)28-23-6-4-5-7-25(23)33-26/h4-16,28H,1-3H3,(H,30,32)/b29-19+. The quantitative estimate of drug-likeness (QED) is 0.243. The molecule has 0 unspecified atom stereocenters. The lowest BCUT2D eigenvalue weighted by molar-refractivity contribution is 0.0955. The smallest absolute Gasteiger partial charge is 0.271 e. The normalized spacial score (nSPS) is 12.5. The summed E-state index contributed by atoms with van der Waals surface area (Å²) in [6.07, 6.45) is 0. The number of hydrogen-bond acceptors (Lipinski definition) is 4. The fourth-order valence-electron chi connectivity index (χ4n) is 3.97. The van der Waals surface area contributed by atoms with Gasteiger partial charge in [0.05, 0.1) is 17.1 Å². The molecule has 0 atom stereocenters. The zero-order chi connectivity index (χ0) is 22.9. The van der Waals surface area contributed by atoms with Gasteiger partial charge in [0.25, 0.3) is 5.91 Å². The van der Waals surface area contributed by atoms with Gasteiger partial charge in [-0.15, -0.1) is 0 Å². The van der Waals surface area contributed by atoms with Gasteiger partial charge in [0.15, 0.2) is 0 Å². The predicted octanol–water partition coefficient (Wildman–Crippen LogP) is 6.46. The van der Waals surface area contributed by atoms with Gasteiger partial charge in [0.1, 0.15) is 0 Å². The van der Waals surface area contributed by atoms with Gasteiger partial charge in [0, 0.05) is 32.4 Å². The molecule has 2 N–H and O–H groups in total. The number of aromatic nitrogens is 1. The van der Waals surface area contributed by atoms with Crippen LogP contribution in [0.2, 0.25) is 0 Å². The van der Waals surface area contributed by atoms with E-state index in [1.807, 2.05) is 49.4 Å². The molecule has 0 saturated heterocycles. The van der Waals surface area contributed by atoms with E-state index in [0.717, 1.165) is 39.7 Å². The van der Waals surface area contributed by atoms with Crippen molar-refractivity contribution in [3.63, 3.8) is 0 Å². The number of carbonyl (C=O) groups excluding carboxylic acids is 1. The molecule has 0 fully saturated rings. The Morgan fingerprint density at radius 1 is 0.848 bits per heavy atom. The number of hydrogen-bond donors (Lipinski definition) is 2. The van der Waals surface area contributed by atoms with Gasteiger partial charge >= 0.3 is 0 Å². The molecule has 1 amide bonds. The summed E-state index contributed by atoms with van der Waals surface area (Å²) in [5.74, 6) is -0.234. The summed E-state index contributed by atoms with van der Waals surface area (Å²) in [6.45, 7) is 6.03. The van der Waals surface area contributed by atoms with Crippen molar-refractivity contribution in [2.24, 2.45) is 5.10 Å². The molecule has 1 aliphatic heterocycles. The topological polar surface area (TPSA) is 58.4 Å². The summed E-state index contributed by atoms with van der Waals surface area (Å²) in [7, 11) is 0. The molecule has 4 aromatic rings. The first kappa shape index (κ1) is 21.1. The predicted molar refractivity (Wildman–Crippen MR) is 135 cm³/mol. The van der Waals surface area contributed by atoms with Gasteiger partial charge in [0.2, 0.25) is 0 Å². The van der Waals surface area contributed by atoms with Crippen molar-refractivity contribution >= 4 is 34.8 Å². The van der Waals surface area contributed by atoms with Crippen molar-refractivity contribution in [2.75, 3.05) is 5.32 Å². The first-order valence-electron chi connectivity index (χ1n) is 10.8. The minimum Gasteiger partial charge on any atom is -0.354 e. The first-order valence-corrected chi connectivity index (χ1v) is 11.6. The minimum absolute atomic E-state index is 0.234. The summed E-state index contributed by atoms with van der Waals surface area (Å²) < 4.78 is 2.16. The van der Waals surface area contributed by atoms with Crippen molar-refractivity contribution in [3.8, 4) is 5.69 Å². The number of anilines is 2. The molecule has 1 aromatic heterocycles. The molecular formula is C27H24N4OS. The van der Waals surface area contributed by atoms with Crippen LogP contribution in [0.5, 0.6) is 0 Å². The second-order valence-electron chi connectivity index (χ2n) is 8.07. The summed E-state index contributed by atoms with van der Waals surface area (Å²) in [5.41, 5.74) is 10.4. The first-order chi connectivity index (χ1) is 16.0. The minimum atomic E-state index is -0.234. The van der Waals surface area contributed by atoms with Crippen molar-refractivity contribution in [1.29, 1.82) is 0 Å². The third-order valence-corrected chi connectivity index (χ3v) is 6.91. The maximum absolute atomic E-state index is 12.6. The molecule has 0 saturated carbocycles. The van der Waals surface area contributed by atoms with E-state index < -0.39 is 0 Å². The number of amides is 1. The molecule has 0 bridgehead atoms. The monoisotopic (exact) mass is 452 g/mol. The highest BCUT2D eigenvalue weighted by atomic mass is 32.2. The highest BCUT2D eigenvalue weighted by molar-refractivity contribution is 7.99. The lowest BCUT2D eigenvalue weighted by atomic mass is 10.1. The van der Waals surface area contributed by atoms with Crippen molar-refractivity contribution in [1.82, 2.24) is 9.99 Å². The maximum atomic E-state index is 12.6. The maximum Gasteiger partial charge on any atom is 0.271 e. The Bertz CT molecular complexity index is 1370. The van der Waals surface area contributed by atoms with Crippen LogP contribution in [0.4, 0.5) is 11.4 Å². The average Bonchev–Trinajstić information content (AvgIpc) is 3.18. The van der Waals surface area contributed by atoms with Crippen LogP contribution in [0.3, 0.4) is 0 Å². The number of hydrazone groups is 1. The Hall–Kier alpha value is -3.77. The van der Waals surface area contributed by atoms with E-state index in [1.54, 1.807) is 11.8 Å². The van der Waals surface area contributed by atoms with Gasteiger partial charge in [-0.05, 0) is 87.0 Å². The molecule has 0 aliphatic carbocycles. The third kappa shape index (κ3) is 4.17. The fourth-order valence-corrected chi connectivity index (χ4v) is 4.93. The number of nitrogens with one attached hydrogen (secondary N) is 2. The molecule has 33 heavy (non-hydrogen) atoms. The Labute approximate surface area is 197 Å². The van der Waals surface area contributed by atoms with Gasteiger partial charge in [-0.3, -0.25) is 4.79 Å². The molecule has 2 heterocycles. The number of rotatable bonds is 4. The molecule has 5 nitrogen and oxygen atoms in total. The highest BCUT2D eigenvalue weighted by Crippen LogP contribution is 2.44. The Kier molecular flexibility index (Phi) is 5.52. The highest BCUT2D eigenvalue weighted by Gasteiger charge is 2.16. The van der Waals surface area contributed by atoms with E-state index in [1.165, 1.54) is 9.79 Å². The molecule has 0 spiro atoms. The summed E-state index contributed by atoms with van der Waals surface area (Å²) >= 11 is 1.75. The van der Waals surface area contributed by atoms with Crippen LogP contribution in [0, 0.1) is 13.8 Å². The molecule has 3 aromatic carbocycles. The van der Waals surface area contributed by atoms with Gasteiger partial charge in [-0.1, -0.05) is 30.0 Å². The van der Waals surface area contributed by atoms with Crippen molar-refractivity contribution in [3.05, 3.63) is 101 Å². The Morgan fingerprint density at radius 3 is 2.27 bits per heavy atom. The van der Waals surface area contributed by atoms with Crippen LogP contribution >= 0.6 is 11.8 Å². The van der Waals surface area contributed by atoms with E-state index in [4.69, 9.17) is 0 Å². The number of aryl methyl sites for hydroxylation is 2. The average molecular weight is 453 g/mol. The van der Waals surface area contributed by atoms with Gasteiger partial charge < -0.3 is 9.88 Å². The number of carbonyl (C=O) groups is 1. The zero-order valence-corrected chi connectivity index (χ0v) is 19.5. The summed E-state index contributed by atoms with van der Waals surface area (Å²) in [5, 5.41) is 7.83. The van der Waals surface area contributed by atoms with E-state index in [9.17, 15) is 4.79 Å². The largest absolute Gasteiger partial charge is 0.354 e. The van der Waals surface area contributed by atoms with Crippen LogP contribution in [-0.2, 0) is 0 Å². The van der Waals surface area contributed by atoms with Crippen LogP contribution in [0.15, 0.2) is 93.8 Å². The molecule has 6 heteroatoms. The Balaban J connectivity index is 1.29. The second-order valence-corrected chi connectivity index (χ2v) is 9.15. The Morgan fingerprint density at radius 2 is 1.52 bits per heavy atom.